The molecule has 0 atom stereocenters. The predicted octanol–water partition coefficient (Wildman–Crippen LogP) is 3.76. The zero-order valence-corrected chi connectivity index (χ0v) is 16.7. The van der Waals surface area contributed by atoms with Crippen LogP contribution in [0.2, 0.25) is 0 Å². The van der Waals surface area contributed by atoms with E-state index in [2.05, 4.69) is 0 Å². The van der Waals surface area contributed by atoms with Gasteiger partial charge in [0.2, 0.25) is 0 Å². The molecule has 7 nitrogen and oxygen atoms in total. The lowest BCUT2D eigenvalue weighted by Gasteiger charge is -2.26. The van der Waals surface area contributed by atoms with E-state index in [0.717, 1.165) is 5.56 Å². The summed E-state index contributed by atoms with van der Waals surface area (Å²) < 4.78 is 16.1. The molecule has 0 bridgehead atoms. The van der Waals surface area contributed by atoms with Crippen molar-refractivity contribution in [1.82, 2.24) is 4.90 Å². The van der Waals surface area contributed by atoms with E-state index in [-0.39, 0.29) is 44.8 Å². The highest BCUT2D eigenvalue weighted by Gasteiger charge is 2.24. The predicted molar refractivity (Wildman–Crippen MR) is 109 cm³/mol. The van der Waals surface area contributed by atoms with E-state index >= 15 is 0 Å². The molecule has 1 aliphatic heterocycles. The van der Waals surface area contributed by atoms with Crippen molar-refractivity contribution in [2.75, 3.05) is 19.1 Å². The summed E-state index contributed by atoms with van der Waals surface area (Å²) in [4.78, 5) is 27.0. The topological polar surface area (TPSA) is 91.1 Å². The largest absolute Gasteiger partial charge is 0.467 e. The monoisotopic (exact) mass is 398 g/mol. The number of amides is 1. The van der Waals surface area contributed by atoms with E-state index in [1.54, 1.807) is 17.0 Å². The Balaban J connectivity index is 1.65. The normalized spacial score (nSPS) is 12.8. The molecule has 0 spiro atoms. The van der Waals surface area contributed by atoms with Crippen LogP contribution in [-0.2, 0) is 22.7 Å². The Labute approximate surface area is 170 Å². The molecule has 0 fully saturated rings. The maximum Gasteiger partial charge on any atom is 0.410 e. The number of nitrogen functional groups attached to an aromatic ring is 1. The summed E-state index contributed by atoms with van der Waals surface area (Å²) in [7, 11) is 0. The Kier molecular flexibility index (Phi) is 6.72. The van der Waals surface area contributed by atoms with Gasteiger partial charge in [-0.05, 0) is 31.5 Å². The number of benzene rings is 2. The summed E-state index contributed by atoms with van der Waals surface area (Å²) in [6, 6.07) is 12.8. The number of anilines is 1. The van der Waals surface area contributed by atoms with Gasteiger partial charge in [-0.1, -0.05) is 30.3 Å². The Morgan fingerprint density at radius 3 is 2.66 bits per heavy atom. The van der Waals surface area contributed by atoms with E-state index in [1.807, 2.05) is 44.2 Å². The van der Waals surface area contributed by atoms with Crippen LogP contribution in [0.1, 0.15) is 41.8 Å². The van der Waals surface area contributed by atoms with Crippen molar-refractivity contribution in [1.29, 1.82) is 0 Å². The van der Waals surface area contributed by atoms with Gasteiger partial charge < -0.3 is 24.8 Å². The maximum atomic E-state index is 12.9. The van der Waals surface area contributed by atoms with E-state index in [1.165, 1.54) is 0 Å². The summed E-state index contributed by atoms with van der Waals surface area (Å²) in [5.74, 6) is 0.451. The lowest BCUT2D eigenvalue weighted by molar-refractivity contribution is -0.0167. The third-order valence-corrected chi connectivity index (χ3v) is 4.77. The van der Waals surface area contributed by atoms with Gasteiger partial charge in [-0.25, -0.2) is 4.79 Å². The summed E-state index contributed by atoms with van der Waals surface area (Å²) in [5.41, 5.74) is 8.40. The van der Waals surface area contributed by atoms with Crippen LogP contribution < -0.4 is 10.5 Å². The Morgan fingerprint density at radius 2 is 1.93 bits per heavy atom. The first-order valence-corrected chi connectivity index (χ1v) is 9.59. The fourth-order valence-electron chi connectivity index (χ4n) is 3.21. The van der Waals surface area contributed by atoms with Gasteiger partial charge >= 0.3 is 6.09 Å². The van der Waals surface area contributed by atoms with Crippen LogP contribution in [0.3, 0.4) is 0 Å². The number of ether oxygens (including phenoxy) is 3. The van der Waals surface area contributed by atoms with Crippen LogP contribution in [0, 0.1) is 0 Å². The summed E-state index contributed by atoms with van der Waals surface area (Å²) in [6.07, 6.45) is -0.328. The van der Waals surface area contributed by atoms with Crippen molar-refractivity contribution < 1.29 is 23.8 Å². The van der Waals surface area contributed by atoms with Crippen molar-refractivity contribution in [3.8, 4) is 5.75 Å². The van der Waals surface area contributed by atoms with Crippen molar-refractivity contribution in [3.05, 3.63) is 59.2 Å². The molecule has 2 N–H and O–H groups in total. The number of hydrogen-bond acceptors (Lipinski definition) is 6. The molecule has 0 radical (unpaired) electrons. The highest BCUT2D eigenvalue weighted by molar-refractivity contribution is 6.03. The zero-order valence-electron chi connectivity index (χ0n) is 16.7. The fourth-order valence-corrected chi connectivity index (χ4v) is 3.21. The molecule has 0 aromatic heterocycles. The van der Waals surface area contributed by atoms with Gasteiger partial charge in [-0.2, -0.15) is 0 Å². The molecule has 1 amide bonds. The number of Topliss-reactive ketones (excluding diaryl/α,β-unsaturated/α-hetero) is 1. The average molecular weight is 398 g/mol. The summed E-state index contributed by atoms with van der Waals surface area (Å²) in [5, 5.41) is 0. The minimum atomic E-state index is -0.452. The van der Waals surface area contributed by atoms with Crippen LogP contribution in [0.15, 0.2) is 42.5 Å². The van der Waals surface area contributed by atoms with Gasteiger partial charge in [0.05, 0.1) is 6.61 Å². The van der Waals surface area contributed by atoms with Crippen LogP contribution in [-0.4, -0.2) is 36.2 Å². The lowest BCUT2D eigenvalue weighted by Crippen LogP contribution is -2.39. The maximum absolute atomic E-state index is 12.9. The first-order valence-electron chi connectivity index (χ1n) is 9.59. The number of hydrogen-bond donors (Lipinski definition) is 1. The molecule has 1 heterocycles. The fraction of sp³-hybridized carbons (Fsp3) is 0.364. The number of nitrogens with two attached hydrogens (primary N) is 1. The molecule has 0 saturated carbocycles. The third-order valence-electron chi connectivity index (χ3n) is 4.77. The van der Waals surface area contributed by atoms with Crippen LogP contribution in [0.5, 0.6) is 5.75 Å². The molecule has 7 heteroatoms. The molecule has 154 valence electrons. The Morgan fingerprint density at radius 1 is 1.17 bits per heavy atom. The van der Waals surface area contributed by atoms with Crippen molar-refractivity contribution >= 4 is 17.6 Å². The number of rotatable bonds is 7. The van der Waals surface area contributed by atoms with Crippen molar-refractivity contribution in [2.24, 2.45) is 0 Å². The molecule has 29 heavy (non-hydrogen) atoms. The first kappa shape index (κ1) is 20.7. The Hall–Kier alpha value is -3.06. The SMILES string of the molecule is CC(C)N(CCC(=O)c1c(N)ccc2c1COCO2)C(=O)OCc1ccccc1. The number of fused-ring (bicyclic) bond motifs is 1. The van der Waals surface area contributed by atoms with Crippen LogP contribution in [0.25, 0.3) is 0 Å². The van der Waals surface area contributed by atoms with Gasteiger partial charge in [0, 0.05) is 35.8 Å². The van der Waals surface area contributed by atoms with E-state index in [0.29, 0.717) is 22.6 Å². The van der Waals surface area contributed by atoms with E-state index in [9.17, 15) is 9.59 Å². The molecule has 3 rings (SSSR count). The van der Waals surface area contributed by atoms with Gasteiger partial charge in [0.25, 0.3) is 0 Å². The summed E-state index contributed by atoms with van der Waals surface area (Å²) >= 11 is 0. The van der Waals surface area contributed by atoms with Gasteiger partial charge in [0.15, 0.2) is 12.6 Å². The minimum Gasteiger partial charge on any atom is -0.467 e. The third kappa shape index (κ3) is 5.06. The van der Waals surface area contributed by atoms with Gasteiger partial charge in [-0.3, -0.25) is 4.79 Å². The highest BCUT2D eigenvalue weighted by Crippen LogP contribution is 2.31. The van der Waals surface area contributed by atoms with Crippen LogP contribution >= 0.6 is 0 Å². The molecule has 0 unspecified atom stereocenters. The summed E-state index contributed by atoms with van der Waals surface area (Å²) in [6.45, 7) is 4.61. The quantitative estimate of drug-likeness (QED) is 0.564. The number of carbonyl (C=O) groups excluding carboxylic acids is 2. The number of nitrogens with zero attached hydrogens (tertiary/aromatic N) is 1. The smallest absolute Gasteiger partial charge is 0.410 e. The van der Waals surface area contributed by atoms with Gasteiger partial charge in [0.1, 0.15) is 12.4 Å². The zero-order chi connectivity index (χ0) is 20.8. The molecular weight excluding hydrogens is 372 g/mol. The number of carbonyl (C=O) groups is 2. The molecule has 1 aliphatic rings. The highest BCUT2D eigenvalue weighted by atomic mass is 16.7. The molecular formula is C22H26N2O5. The second-order valence-electron chi connectivity index (χ2n) is 7.12. The van der Waals surface area contributed by atoms with E-state index in [4.69, 9.17) is 19.9 Å². The van der Waals surface area contributed by atoms with Crippen molar-refractivity contribution in [2.45, 2.75) is 39.5 Å². The van der Waals surface area contributed by atoms with Crippen LogP contribution in [0.4, 0.5) is 10.5 Å². The Bertz CT molecular complexity index is 867. The molecule has 0 saturated heterocycles. The van der Waals surface area contributed by atoms with Gasteiger partial charge in [-0.15, -0.1) is 0 Å². The minimum absolute atomic E-state index is 0.111. The molecule has 2 aromatic carbocycles. The second-order valence-corrected chi connectivity index (χ2v) is 7.12. The number of ketones is 1. The molecule has 2 aromatic rings. The van der Waals surface area contributed by atoms with E-state index < -0.39 is 6.09 Å². The van der Waals surface area contributed by atoms with Crippen molar-refractivity contribution in [3.63, 3.8) is 0 Å². The average Bonchev–Trinajstić information content (AvgIpc) is 2.72. The molecule has 0 aliphatic carbocycles. The first-order chi connectivity index (χ1) is 14.0. The second kappa shape index (κ2) is 9.43. The standard InChI is InChI=1S/C22H26N2O5/c1-15(2)24(22(26)28-12-16-6-4-3-5-7-16)11-10-19(25)21-17-13-27-14-29-20(17)9-8-18(21)23/h3-9,15H,10-14,23H2,1-2H3. The lowest BCUT2D eigenvalue weighted by atomic mass is 9.98.